The molecule has 2 heterocycles. The summed E-state index contributed by atoms with van der Waals surface area (Å²) < 4.78 is 20.5. The molecule has 2 aliphatic heterocycles. The minimum Gasteiger partial charge on any atom is -0.461 e. The quantitative estimate of drug-likeness (QED) is 0.190. The summed E-state index contributed by atoms with van der Waals surface area (Å²) in [4.78, 5) is 17.3. The Morgan fingerprint density at radius 1 is 0.889 bits per heavy atom. The highest BCUT2D eigenvalue weighted by Crippen LogP contribution is 2.75. The average Bonchev–Trinajstić information content (AvgIpc) is 3.60. The van der Waals surface area contributed by atoms with Crippen LogP contribution in [0, 0.1) is 62.6 Å². The van der Waals surface area contributed by atoms with Crippen LogP contribution in [0.1, 0.15) is 111 Å². The highest BCUT2D eigenvalue weighted by molar-refractivity contribution is 5.75. The van der Waals surface area contributed by atoms with Crippen LogP contribution in [0.3, 0.4) is 0 Å². The fraction of sp³-hybridized carbons (Fsp3) is 0.694. The van der Waals surface area contributed by atoms with Crippen LogP contribution < -0.4 is 0 Å². The molecule has 4 aliphatic carbocycles. The van der Waals surface area contributed by atoms with Crippen molar-refractivity contribution >= 4 is 5.97 Å². The van der Waals surface area contributed by atoms with Crippen molar-refractivity contribution < 1.29 is 19.0 Å². The van der Waals surface area contributed by atoms with Gasteiger partial charge in [0.25, 0.3) is 0 Å². The molecule has 12 atom stereocenters. The molecule has 2 aromatic rings. The molecular weight excluding hydrogens is 667 g/mol. The molecule has 0 spiro atoms. The fourth-order valence-corrected chi connectivity index (χ4v) is 14.2. The van der Waals surface area contributed by atoms with Gasteiger partial charge >= 0.3 is 5.97 Å². The van der Waals surface area contributed by atoms with Crippen molar-refractivity contribution in [1.29, 1.82) is 0 Å². The number of allylic oxidation sites excluding steroid dienone is 1. The van der Waals surface area contributed by atoms with Crippen LogP contribution in [0.5, 0.6) is 0 Å². The number of fused-ring (bicyclic) bond motifs is 3. The van der Waals surface area contributed by atoms with E-state index >= 15 is 0 Å². The number of carbonyl (C=O) groups excluding carboxylic acids is 1. The lowest BCUT2D eigenvalue weighted by Crippen LogP contribution is -2.69. The lowest BCUT2D eigenvalue weighted by molar-refractivity contribution is -0.257. The Hall–Kier alpha value is -2.47. The molecule has 5 nitrogen and oxygen atoms in total. The Balaban J connectivity index is 1.07. The largest absolute Gasteiger partial charge is 0.461 e. The number of hydrogen-bond donors (Lipinski definition) is 0. The zero-order valence-electron chi connectivity index (χ0n) is 34.7. The maximum Gasteiger partial charge on any atom is 0.310 e. The van der Waals surface area contributed by atoms with Crippen LogP contribution in [0.15, 0.2) is 72.3 Å². The number of esters is 1. The molecule has 3 saturated carbocycles. The lowest BCUT2D eigenvalue weighted by atomic mass is 9.34. The molecule has 2 bridgehead atoms. The van der Waals surface area contributed by atoms with E-state index in [4.69, 9.17) is 14.2 Å². The van der Waals surface area contributed by atoms with Crippen molar-refractivity contribution in [2.24, 2.45) is 62.6 Å². The summed E-state index contributed by atoms with van der Waals surface area (Å²) in [6, 6.07) is 21.1. The summed E-state index contributed by atoms with van der Waals surface area (Å²) in [5, 5.41) is 0. The second-order valence-electron chi connectivity index (χ2n) is 20.5. The number of ether oxygens (including phenoxy) is 3. The molecule has 6 aliphatic rings. The minimum absolute atomic E-state index is 0.0000585. The zero-order valence-corrected chi connectivity index (χ0v) is 34.7. The molecule has 2 aromatic carbocycles. The summed E-state index contributed by atoms with van der Waals surface area (Å²) in [5.41, 5.74) is 3.82. The van der Waals surface area contributed by atoms with Crippen molar-refractivity contribution in [2.45, 2.75) is 126 Å². The molecule has 2 saturated heterocycles. The maximum atomic E-state index is 14.8. The van der Waals surface area contributed by atoms with E-state index in [1.165, 1.54) is 18.4 Å². The van der Waals surface area contributed by atoms with Gasteiger partial charge in [0.05, 0.1) is 31.3 Å². The van der Waals surface area contributed by atoms with E-state index in [-0.39, 0.29) is 51.2 Å². The summed E-state index contributed by atoms with van der Waals surface area (Å²) in [6.07, 6.45) is 11.0. The van der Waals surface area contributed by atoms with Crippen LogP contribution in [0.2, 0.25) is 0 Å². The number of nitrogens with zero attached hydrogens (tertiary/aromatic N) is 1. The summed E-state index contributed by atoms with van der Waals surface area (Å²) >= 11 is 0. The van der Waals surface area contributed by atoms with Gasteiger partial charge in [-0.05, 0) is 102 Å². The fourth-order valence-electron chi connectivity index (χ4n) is 14.2. The van der Waals surface area contributed by atoms with Crippen molar-refractivity contribution in [1.82, 2.24) is 4.90 Å². The molecule has 5 heteroatoms. The first kappa shape index (κ1) is 38.4. The van der Waals surface area contributed by atoms with Gasteiger partial charge in [0, 0.05) is 30.5 Å². The van der Waals surface area contributed by atoms with Gasteiger partial charge in [0.2, 0.25) is 0 Å². The molecule has 54 heavy (non-hydrogen) atoms. The molecule has 0 N–H and O–H groups in total. The van der Waals surface area contributed by atoms with E-state index in [9.17, 15) is 4.79 Å². The minimum atomic E-state index is -0.201. The summed E-state index contributed by atoms with van der Waals surface area (Å²) in [7, 11) is 0. The smallest absolute Gasteiger partial charge is 0.310 e. The van der Waals surface area contributed by atoms with Gasteiger partial charge in [0.1, 0.15) is 6.61 Å². The molecule has 0 radical (unpaired) electrons. The summed E-state index contributed by atoms with van der Waals surface area (Å²) in [5.74, 6) is 2.21. The van der Waals surface area contributed by atoms with Crippen molar-refractivity contribution in [3.63, 3.8) is 0 Å². The molecular formula is C49H69NO4. The number of rotatable bonds is 9. The second kappa shape index (κ2) is 14.2. The molecule has 2 unspecified atom stereocenters. The van der Waals surface area contributed by atoms with Gasteiger partial charge < -0.3 is 14.2 Å². The van der Waals surface area contributed by atoms with Gasteiger partial charge in [0.15, 0.2) is 0 Å². The molecule has 8 rings (SSSR count). The van der Waals surface area contributed by atoms with Crippen LogP contribution in [0.25, 0.3) is 0 Å². The predicted molar refractivity (Wildman–Crippen MR) is 216 cm³/mol. The monoisotopic (exact) mass is 736 g/mol. The van der Waals surface area contributed by atoms with E-state index in [0.717, 1.165) is 70.5 Å². The standard InChI is InChI=1S/C49H69NO4/c1-33(2)35(4)45(5)24-25-47(7)39-19-20-41-46(6)31-52-32-49(41,27-34(3)43(46)54-38-22-26-50(29-38)28-36-15-11-9-12-16-36)40(39)21-23-48(47,8)42(45)44(51)53-30-37-17-13-10-14-18-37/h9-18,21,33-35,38-39,41-43H,19-20,22-32H2,1-8H3/t34-,35-,38?,39+,41+,42-,43+,45-,46+,47-,48+,49?/m1/s1. The molecule has 5 fully saturated rings. The maximum absolute atomic E-state index is 14.8. The number of carbonyl (C=O) groups is 1. The molecule has 0 aromatic heterocycles. The Kier molecular flexibility index (Phi) is 10.1. The predicted octanol–water partition coefficient (Wildman–Crippen LogP) is 10.5. The molecule has 0 amide bonds. The van der Waals surface area contributed by atoms with Crippen LogP contribution in [-0.4, -0.2) is 49.4 Å². The molecule has 294 valence electrons. The Morgan fingerprint density at radius 2 is 1.59 bits per heavy atom. The number of hydrogen-bond acceptors (Lipinski definition) is 5. The van der Waals surface area contributed by atoms with Crippen LogP contribution in [-0.2, 0) is 32.2 Å². The van der Waals surface area contributed by atoms with Crippen molar-refractivity contribution in [3.05, 3.63) is 83.4 Å². The highest BCUT2D eigenvalue weighted by Gasteiger charge is 2.71. The Labute approximate surface area is 327 Å². The first-order chi connectivity index (χ1) is 25.7. The first-order valence-electron chi connectivity index (χ1n) is 21.7. The van der Waals surface area contributed by atoms with E-state index in [0.29, 0.717) is 36.2 Å². The van der Waals surface area contributed by atoms with E-state index in [1.54, 1.807) is 5.57 Å². The normalized spacial score (nSPS) is 42.4. The van der Waals surface area contributed by atoms with E-state index in [2.05, 4.69) is 109 Å². The topological polar surface area (TPSA) is 48.0 Å². The third-order valence-corrected chi connectivity index (χ3v) is 17.4. The van der Waals surface area contributed by atoms with Gasteiger partial charge in [-0.2, -0.15) is 0 Å². The Bertz CT molecular complexity index is 1690. The average molecular weight is 736 g/mol. The first-order valence-corrected chi connectivity index (χ1v) is 21.7. The van der Waals surface area contributed by atoms with Gasteiger partial charge in [-0.25, -0.2) is 0 Å². The zero-order chi connectivity index (χ0) is 38.1. The Morgan fingerprint density at radius 3 is 2.30 bits per heavy atom. The third kappa shape index (κ3) is 5.99. The van der Waals surface area contributed by atoms with Gasteiger partial charge in [-0.1, -0.05) is 128 Å². The van der Waals surface area contributed by atoms with Gasteiger partial charge in [-0.3, -0.25) is 9.69 Å². The lowest BCUT2D eigenvalue weighted by Gasteiger charge is -2.71. The van der Waals surface area contributed by atoms with E-state index in [1.807, 2.05) is 18.2 Å². The van der Waals surface area contributed by atoms with Crippen molar-refractivity contribution in [2.75, 3.05) is 26.3 Å². The van der Waals surface area contributed by atoms with Crippen molar-refractivity contribution in [3.8, 4) is 0 Å². The highest BCUT2D eigenvalue weighted by atomic mass is 16.5. The summed E-state index contributed by atoms with van der Waals surface area (Å²) in [6.45, 7) is 24.7. The van der Waals surface area contributed by atoms with Crippen LogP contribution >= 0.6 is 0 Å². The SMILES string of the molecule is CC(C)[C@@H](C)[C@@]1(C)CC[C@]2(C)[C@H]3CC[C@@H]4C5(COC[C@]4(C)[C@@H](OC4CCN(Cc6ccccc6)C4)[C@H](C)C5)C3=CC[C@@]2(C)[C@@H]1C(=O)OCc1ccccc1. The van der Waals surface area contributed by atoms with Gasteiger partial charge in [-0.15, -0.1) is 0 Å². The van der Waals surface area contributed by atoms with Crippen LogP contribution in [0.4, 0.5) is 0 Å². The third-order valence-electron chi connectivity index (χ3n) is 17.4. The number of likely N-dealkylation sites (tertiary alicyclic amines) is 1. The number of benzene rings is 2. The van der Waals surface area contributed by atoms with E-state index < -0.39 is 0 Å². The second-order valence-corrected chi connectivity index (χ2v) is 20.5.